The number of aryl methyl sites for hydroxylation is 2. The molecule has 0 aliphatic carbocycles. The molecule has 0 saturated carbocycles. The molecule has 0 aliphatic rings. The normalized spacial score (nSPS) is 12.4. The van der Waals surface area contributed by atoms with E-state index in [-0.39, 0.29) is 6.04 Å². The van der Waals surface area contributed by atoms with E-state index in [9.17, 15) is 0 Å². The molecule has 0 saturated heterocycles. The summed E-state index contributed by atoms with van der Waals surface area (Å²) in [5.41, 5.74) is 9.95. The maximum Gasteiger partial charge on any atom is 0.0317 e. The van der Waals surface area contributed by atoms with Crippen molar-refractivity contribution in [3.05, 3.63) is 57.6 Å². The number of halogens is 1. The lowest BCUT2D eigenvalue weighted by Crippen LogP contribution is -2.21. The minimum atomic E-state index is 0.245. The van der Waals surface area contributed by atoms with E-state index in [1.807, 2.05) is 0 Å². The first-order chi connectivity index (χ1) is 9.99. The second-order valence-electron chi connectivity index (χ2n) is 5.51. The largest absolute Gasteiger partial charge is 0.327 e. The van der Waals surface area contributed by atoms with Crippen LogP contribution in [-0.4, -0.2) is 6.04 Å². The van der Waals surface area contributed by atoms with Crippen LogP contribution in [0.25, 0.3) is 0 Å². The van der Waals surface area contributed by atoms with E-state index < -0.39 is 0 Å². The lowest BCUT2D eigenvalue weighted by atomic mass is 10.1. The smallest absolute Gasteiger partial charge is 0.0317 e. The van der Waals surface area contributed by atoms with Crippen LogP contribution in [0.2, 0.25) is 0 Å². The molecule has 1 nitrogen and oxygen atoms in total. The fourth-order valence-electron chi connectivity index (χ4n) is 2.23. The molecule has 0 amide bonds. The van der Waals surface area contributed by atoms with Crippen molar-refractivity contribution in [3.63, 3.8) is 0 Å². The fourth-order valence-corrected chi connectivity index (χ4v) is 3.79. The topological polar surface area (TPSA) is 26.0 Å². The molecule has 0 fully saturated rings. The van der Waals surface area contributed by atoms with Crippen molar-refractivity contribution in [1.29, 1.82) is 0 Å². The summed E-state index contributed by atoms with van der Waals surface area (Å²) in [5.74, 6) is 0. The molecule has 2 aromatic carbocycles. The number of benzene rings is 2. The third-order valence-electron chi connectivity index (χ3n) is 3.57. The zero-order chi connectivity index (χ0) is 15.4. The maximum absolute atomic E-state index is 6.03. The Morgan fingerprint density at radius 1 is 1.10 bits per heavy atom. The second kappa shape index (κ2) is 7.48. The van der Waals surface area contributed by atoms with E-state index >= 15 is 0 Å². The average molecular weight is 364 g/mol. The third-order valence-corrected chi connectivity index (χ3v) is 5.74. The van der Waals surface area contributed by atoms with Gasteiger partial charge in [0.15, 0.2) is 0 Å². The quantitative estimate of drug-likeness (QED) is 0.758. The molecule has 3 heteroatoms. The summed E-state index contributed by atoms with van der Waals surface area (Å²) in [5, 5.41) is 0. The highest BCUT2D eigenvalue weighted by Crippen LogP contribution is 2.36. The van der Waals surface area contributed by atoms with Crippen molar-refractivity contribution in [1.82, 2.24) is 0 Å². The van der Waals surface area contributed by atoms with E-state index in [0.29, 0.717) is 0 Å². The number of nitrogens with two attached hydrogens (primary N) is 1. The van der Waals surface area contributed by atoms with Gasteiger partial charge in [0.2, 0.25) is 0 Å². The first-order valence-electron chi connectivity index (χ1n) is 7.28. The average Bonchev–Trinajstić information content (AvgIpc) is 2.44. The van der Waals surface area contributed by atoms with Gasteiger partial charge in [0, 0.05) is 20.3 Å². The fraction of sp³-hybridized carbons (Fsp3) is 0.333. The van der Waals surface area contributed by atoms with Crippen LogP contribution in [0.1, 0.15) is 30.0 Å². The monoisotopic (exact) mass is 363 g/mol. The SMILES string of the molecule is CCC(N)Cc1ccc(Sc2ccc(C)cc2C)c(Br)c1. The molecule has 2 N–H and O–H groups in total. The predicted octanol–water partition coefficient (Wildman–Crippen LogP) is 5.50. The van der Waals surface area contributed by atoms with Gasteiger partial charge in [-0.3, -0.25) is 0 Å². The predicted molar refractivity (Wildman–Crippen MR) is 96.2 cm³/mol. The van der Waals surface area contributed by atoms with Gasteiger partial charge in [-0.25, -0.2) is 0 Å². The van der Waals surface area contributed by atoms with Crippen molar-refractivity contribution in [3.8, 4) is 0 Å². The highest BCUT2D eigenvalue weighted by atomic mass is 79.9. The molecule has 112 valence electrons. The van der Waals surface area contributed by atoms with E-state index in [0.717, 1.165) is 17.3 Å². The van der Waals surface area contributed by atoms with Crippen LogP contribution in [0.15, 0.2) is 50.7 Å². The van der Waals surface area contributed by atoms with Crippen molar-refractivity contribution in [2.45, 2.75) is 49.4 Å². The first kappa shape index (κ1) is 16.6. The Morgan fingerprint density at radius 2 is 1.81 bits per heavy atom. The number of hydrogen-bond acceptors (Lipinski definition) is 2. The third kappa shape index (κ3) is 4.60. The van der Waals surface area contributed by atoms with Crippen LogP contribution in [0.5, 0.6) is 0 Å². The van der Waals surface area contributed by atoms with Gasteiger partial charge >= 0.3 is 0 Å². The zero-order valence-corrected chi connectivity index (χ0v) is 15.2. The van der Waals surface area contributed by atoms with E-state index in [4.69, 9.17) is 5.73 Å². The van der Waals surface area contributed by atoms with Gasteiger partial charge in [-0.2, -0.15) is 0 Å². The van der Waals surface area contributed by atoms with E-state index in [1.54, 1.807) is 11.8 Å². The Kier molecular flexibility index (Phi) is 5.91. The summed E-state index contributed by atoms with van der Waals surface area (Å²) in [6.45, 7) is 6.42. The Balaban J connectivity index is 2.17. The van der Waals surface area contributed by atoms with Crippen molar-refractivity contribution < 1.29 is 0 Å². The lowest BCUT2D eigenvalue weighted by Gasteiger charge is -2.12. The molecule has 1 unspecified atom stereocenters. The summed E-state index contributed by atoms with van der Waals surface area (Å²) < 4.78 is 1.15. The summed E-state index contributed by atoms with van der Waals surface area (Å²) in [6.07, 6.45) is 1.94. The second-order valence-corrected chi connectivity index (χ2v) is 7.45. The summed E-state index contributed by atoms with van der Waals surface area (Å²) in [7, 11) is 0. The van der Waals surface area contributed by atoms with E-state index in [1.165, 1.54) is 26.5 Å². The molecule has 0 spiro atoms. The summed E-state index contributed by atoms with van der Waals surface area (Å²) in [4.78, 5) is 2.55. The lowest BCUT2D eigenvalue weighted by molar-refractivity contribution is 0.646. The molecule has 0 aliphatic heterocycles. The van der Waals surface area contributed by atoms with Gasteiger partial charge in [-0.05, 0) is 71.9 Å². The Labute approximate surface area is 140 Å². The van der Waals surface area contributed by atoms with Crippen LogP contribution in [0, 0.1) is 13.8 Å². The standard InChI is InChI=1S/C18H22BrNS/c1-4-15(20)10-14-6-8-18(16(19)11-14)21-17-7-5-12(2)9-13(17)3/h5-9,11,15H,4,10,20H2,1-3H3. The van der Waals surface area contributed by atoms with Crippen LogP contribution in [-0.2, 0) is 6.42 Å². The molecule has 21 heavy (non-hydrogen) atoms. The first-order valence-corrected chi connectivity index (χ1v) is 8.89. The Hall–Kier alpha value is -0.770. The van der Waals surface area contributed by atoms with Crippen molar-refractivity contribution >= 4 is 27.7 Å². The minimum Gasteiger partial charge on any atom is -0.327 e. The molecular weight excluding hydrogens is 342 g/mol. The van der Waals surface area contributed by atoms with Gasteiger partial charge < -0.3 is 5.73 Å². The molecule has 2 aromatic rings. The van der Waals surface area contributed by atoms with Crippen LogP contribution >= 0.6 is 27.7 Å². The van der Waals surface area contributed by atoms with Crippen molar-refractivity contribution in [2.75, 3.05) is 0 Å². The molecule has 0 aromatic heterocycles. The van der Waals surface area contributed by atoms with Gasteiger partial charge in [0.25, 0.3) is 0 Å². The van der Waals surface area contributed by atoms with Crippen LogP contribution in [0.4, 0.5) is 0 Å². The Morgan fingerprint density at radius 3 is 2.43 bits per heavy atom. The van der Waals surface area contributed by atoms with Crippen LogP contribution in [0.3, 0.4) is 0 Å². The van der Waals surface area contributed by atoms with Gasteiger partial charge in [0.1, 0.15) is 0 Å². The van der Waals surface area contributed by atoms with Gasteiger partial charge in [0.05, 0.1) is 0 Å². The highest BCUT2D eigenvalue weighted by molar-refractivity contribution is 9.10. The van der Waals surface area contributed by atoms with Gasteiger partial charge in [-0.15, -0.1) is 0 Å². The molecule has 0 radical (unpaired) electrons. The molecule has 2 rings (SSSR count). The molecule has 0 bridgehead atoms. The summed E-state index contributed by atoms with van der Waals surface area (Å²) in [6, 6.07) is 13.4. The number of hydrogen-bond donors (Lipinski definition) is 1. The highest BCUT2D eigenvalue weighted by Gasteiger charge is 2.08. The van der Waals surface area contributed by atoms with Gasteiger partial charge in [-0.1, -0.05) is 42.4 Å². The van der Waals surface area contributed by atoms with Crippen molar-refractivity contribution in [2.24, 2.45) is 5.73 Å². The molecular formula is C18H22BrNS. The Bertz CT molecular complexity index is 625. The molecule has 1 atom stereocenters. The minimum absolute atomic E-state index is 0.245. The number of rotatable bonds is 5. The van der Waals surface area contributed by atoms with Crippen LogP contribution < -0.4 is 5.73 Å². The maximum atomic E-state index is 6.03. The van der Waals surface area contributed by atoms with E-state index in [2.05, 4.69) is 73.1 Å². The summed E-state index contributed by atoms with van der Waals surface area (Å²) >= 11 is 5.50. The zero-order valence-electron chi connectivity index (χ0n) is 12.8. The molecule has 0 heterocycles.